The zero-order valence-electron chi connectivity index (χ0n) is 5.93. The van der Waals surface area contributed by atoms with Crippen molar-refractivity contribution in [1.82, 2.24) is 4.98 Å². The van der Waals surface area contributed by atoms with Gasteiger partial charge in [0.1, 0.15) is 0 Å². The van der Waals surface area contributed by atoms with Gasteiger partial charge in [-0.25, -0.2) is 4.21 Å². The summed E-state index contributed by atoms with van der Waals surface area (Å²) in [6.07, 6.45) is 3.57. The van der Waals surface area contributed by atoms with Crippen LogP contribution >= 0.6 is 0 Å². The van der Waals surface area contributed by atoms with Crippen LogP contribution in [0.15, 0.2) is 24.5 Å². The standard InChI is InChI=1S/C6H7N.H2O3S/c1-6-2-4-7-5-3-6;1-4(2)3/h2-5H,1H3;(H2,1,2,3)/p-1. The predicted octanol–water partition coefficient (Wildman–Crippen LogP) is 0.729. The second-order valence-electron chi connectivity index (χ2n) is 1.74. The number of rotatable bonds is 0. The molecule has 0 aliphatic heterocycles. The van der Waals surface area contributed by atoms with Crippen LogP contribution in [0.2, 0.25) is 0 Å². The summed E-state index contributed by atoms with van der Waals surface area (Å²) >= 11 is -2.86. The first-order valence-corrected chi connectivity index (χ1v) is 3.81. The number of nitrogens with zero attached hydrogens (tertiary/aromatic N) is 1. The van der Waals surface area contributed by atoms with Crippen molar-refractivity contribution in [2.24, 2.45) is 0 Å². The average molecular weight is 174 g/mol. The van der Waals surface area contributed by atoms with Crippen molar-refractivity contribution in [3.05, 3.63) is 30.1 Å². The fraction of sp³-hybridized carbons (Fsp3) is 0.167. The minimum Gasteiger partial charge on any atom is -0.750 e. The van der Waals surface area contributed by atoms with Crippen LogP contribution in [0.1, 0.15) is 5.56 Å². The molecule has 62 valence electrons. The van der Waals surface area contributed by atoms with Crippen LogP contribution in [-0.4, -0.2) is 18.3 Å². The summed E-state index contributed by atoms with van der Waals surface area (Å²) in [5.41, 5.74) is 1.26. The van der Waals surface area contributed by atoms with E-state index in [1.54, 1.807) is 12.4 Å². The molecule has 0 bridgehead atoms. The van der Waals surface area contributed by atoms with E-state index in [0.717, 1.165) is 0 Å². The topological polar surface area (TPSA) is 73.2 Å². The molecule has 0 radical (unpaired) electrons. The summed E-state index contributed by atoms with van der Waals surface area (Å²) in [6.45, 7) is 2.04. The van der Waals surface area contributed by atoms with Gasteiger partial charge in [0.05, 0.1) is 11.4 Å². The molecule has 11 heavy (non-hydrogen) atoms. The maximum absolute atomic E-state index is 8.56. The third kappa shape index (κ3) is 9.22. The molecule has 1 unspecified atom stereocenters. The quantitative estimate of drug-likeness (QED) is 0.588. The molecule has 4 nitrogen and oxygen atoms in total. The minimum atomic E-state index is -2.86. The molecule has 0 spiro atoms. The van der Waals surface area contributed by atoms with Gasteiger partial charge >= 0.3 is 0 Å². The van der Waals surface area contributed by atoms with Crippen molar-refractivity contribution in [1.29, 1.82) is 0 Å². The molecule has 0 saturated carbocycles. The van der Waals surface area contributed by atoms with Gasteiger partial charge in [0.15, 0.2) is 0 Å². The van der Waals surface area contributed by atoms with Crippen molar-refractivity contribution in [2.45, 2.75) is 6.92 Å². The van der Waals surface area contributed by atoms with Crippen molar-refractivity contribution in [3.63, 3.8) is 0 Å². The second kappa shape index (κ2) is 5.96. The van der Waals surface area contributed by atoms with Crippen LogP contribution in [-0.2, 0) is 11.4 Å². The van der Waals surface area contributed by atoms with Gasteiger partial charge in [-0.05, 0) is 24.6 Å². The number of aromatic nitrogens is 1. The number of pyridine rings is 1. The molecule has 1 aromatic rings. The maximum Gasteiger partial charge on any atom is 0.0814 e. The van der Waals surface area contributed by atoms with E-state index >= 15 is 0 Å². The fourth-order valence-electron chi connectivity index (χ4n) is 0.426. The molecule has 0 fully saturated rings. The third-order valence-electron chi connectivity index (χ3n) is 0.847. The summed E-state index contributed by atoms with van der Waals surface area (Å²) < 4.78 is 24.1. The maximum atomic E-state index is 8.56. The number of hydrogen-bond donors (Lipinski definition) is 1. The molecule has 5 heteroatoms. The highest BCUT2D eigenvalue weighted by atomic mass is 32.2. The zero-order valence-corrected chi connectivity index (χ0v) is 6.75. The SMILES string of the molecule is Cc1ccncc1.O=S([O-])O. The van der Waals surface area contributed by atoms with E-state index in [0.29, 0.717) is 0 Å². The van der Waals surface area contributed by atoms with Crippen LogP contribution in [0.5, 0.6) is 0 Å². The van der Waals surface area contributed by atoms with E-state index in [4.69, 9.17) is 13.3 Å². The highest BCUT2D eigenvalue weighted by molar-refractivity contribution is 7.73. The Morgan fingerprint density at radius 3 is 2.09 bits per heavy atom. The van der Waals surface area contributed by atoms with Crippen LogP contribution in [0, 0.1) is 6.92 Å². The molecule has 1 rings (SSSR count). The lowest BCUT2D eigenvalue weighted by Crippen LogP contribution is -1.75. The van der Waals surface area contributed by atoms with Gasteiger partial charge in [0.25, 0.3) is 0 Å². The zero-order chi connectivity index (χ0) is 8.69. The Kier molecular flexibility index (Phi) is 5.54. The van der Waals surface area contributed by atoms with Gasteiger partial charge in [-0.2, -0.15) is 0 Å². The van der Waals surface area contributed by atoms with Crippen molar-refractivity contribution >= 4 is 11.4 Å². The monoisotopic (exact) mass is 174 g/mol. The van der Waals surface area contributed by atoms with Gasteiger partial charge in [0, 0.05) is 12.4 Å². The summed E-state index contributed by atoms with van der Waals surface area (Å²) in [5.74, 6) is 0. The molecular weight excluding hydrogens is 166 g/mol. The van der Waals surface area contributed by atoms with E-state index in [9.17, 15) is 0 Å². The fourth-order valence-corrected chi connectivity index (χ4v) is 0.426. The van der Waals surface area contributed by atoms with Crippen LogP contribution < -0.4 is 0 Å². The van der Waals surface area contributed by atoms with Gasteiger partial charge < -0.3 is 9.11 Å². The molecule has 0 aliphatic rings. The summed E-state index contributed by atoms with van der Waals surface area (Å²) in [4.78, 5) is 3.85. The van der Waals surface area contributed by atoms with E-state index in [2.05, 4.69) is 4.98 Å². The lowest BCUT2D eigenvalue weighted by atomic mass is 10.3. The second-order valence-corrected chi connectivity index (χ2v) is 2.18. The first kappa shape index (κ1) is 10.2. The Bertz CT molecular complexity index is 210. The average Bonchev–Trinajstić information content (AvgIpc) is 1.87. The number of hydrogen-bond acceptors (Lipinski definition) is 3. The van der Waals surface area contributed by atoms with Gasteiger partial charge in [-0.3, -0.25) is 4.98 Å². The van der Waals surface area contributed by atoms with E-state index in [1.165, 1.54) is 5.56 Å². The molecule has 0 aliphatic carbocycles. The third-order valence-corrected chi connectivity index (χ3v) is 0.847. The first-order chi connectivity index (χ1) is 5.13. The highest BCUT2D eigenvalue weighted by Gasteiger charge is 1.72. The van der Waals surface area contributed by atoms with Crippen LogP contribution in [0.3, 0.4) is 0 Å². The van der Waals surface area contributed by atoms with E-state index < -0.39 is 11.4 Å². The Hall–Kier alpha value is -0.780. The van der Waals surface area contributed by atoms with Gasteiger partial charge in [-0.1, -0.05) is 0 Å². The molecule has 0 aromatic carbocycles. The van der Waals surface area contributed by atoms with Crippen molar-refractivity contribution < 1.29 is 13.3 Å². The van der Waals surface area contributed by atoms with E-state index in [-0.39, 0.29) is 0 Å². The first-order valence-electron chi connectivity index (χ1n) is 2.78. The molecule has 1 aromatic heterocycles. The Balaban J connectivity index is 0.000000218. The van der Waals surface area contributed by atoms with Gasteiger partial charge in [-0.15, -0.1) is 0 Å². The summed E-state index contributed by atoms with van der Waals surface area (Å²) in [7, 11) is 0. The van der Waals surface area contributed by atoms with E-state index in [1.807, 2.05) is 19.1 Å². The van der Waals surface area contributed by atoms with Crippen LogP contribution in [0.4, 0.5) is 0 Å². The smallest absolute Gasteiger partial charge is 0.0814 e. The molecule has 1 N–H and O–H groups in total. The Morgan fingerprint density at radius 2 is 1.91 bits per heavy atom. The normalized spacial score (nSPS) is 11.2. The van der Waals surface area contributed by atoms with Crippen molar-refractivity contribution in [2.75, 3.05) is 0 Å². The Labute approximate surface area is 67.4 Å². The molecule has 0 amide bonds. The summed E-state index contributed by atoms with van der Waals surface area (Å²) in [5, 5.41) is 0. The highest BCUT2D eigenvalue weighted by Crippen LogP contribution is 1.88. The molecular formula is C6H8NO3S-. The van der Waals surface area contributed by atoms with Crippen molar-refractivity contribution in [3.8, 4) is 0 Å². The number of aryl methyl sites for hydroxylation is 1. The van der Waals surface area contributed by atoms with Crippen LogP contribution in [0.25, 0.3) is 0 Å². The molecule has 1 heterocycles. The largest absolute Gasteiger partial charge is 0.750 e. The molecule has 0 saturated heterocycles. The minimum absolute atomic E-state index is 1.26. The summed E-state index contributed by atoms with van der Waals surface area (Å²) in [6, 6.07) is 3.94. The Morgan fingerprint density at radius 1 is 1.55 bits per heavy atom. The molecule has 1 atom stereocenters. The lowest BCUT2D eigenvalue weighted by molar-refractivity contribution is 0.436. The lowest BCUT2D eigenvalue weighted by Gasteiger charge is -1.83. The predicted molar refractivity (Wildman–Crippen MR) is 40.5 cm³/mol. The van der Waals surface area contributed by atoms with Gasteiger partial charge in [0.2, 0.25) is 0 Å².